The molecule has 0 saturated carbocycles. The molecule has 0 unspecified atom stereocenters. The number of hydrogen-bond donors (Lipinski definition) is 1. The lowest BCUT2D eigenvalue weighted by Crippen LogP contribution is -2.05. The molecule has 4 rings (SSSR count). The van der Waals surface area contributed by atoms with Gasteiger partial charge in [0.2, 0.25) is 0 Å². The molecule has 0 aromatic heterocycles. The van der Waals surface area contributed by atoms with Gasteiger partial charge in [0, 0.05) is 22.4 Å². The summed E-state index contributed by atoms with van der Waals surface area (Å²) in [5, 5.41) is 2.89. The first-order valence-corrected chi connectivity index (χ1v) is 7.38. The molecule has 23 heavy (non-hydrogen) atoms. The van der Waals surface area contributed by atoms with Gasteiger partial charge in [-0.05, 0) is 23.8 Å². The fraction of sp³-hybridized carbons (Fsp3) is 0.105. The molecule has 2 aliphatic rings. The maximum Gasteiger partial charge on any atom is 0.260 e. The van der Waals surface area contributed by atoms with Gasteiger partial charge in [0.05, 0.1) is 18.9 Å². The molecule has 0 spiro atoms. The third-order valence-corrected chi connectivity index (χ3v) is 4.04. The largest absolute Gasteiger partial charge is 0.504 e. The van der Waals surface area contributed by atoms with Gasteiger partial charge < -0.3 is 14.8 Å². The number of benzene rings is 2. The number of hydrogen-bond acceptors (Lipinski definition) is 3. The number of carbonyl (C=O) groups excluding carboxylic acids is 1. The van der Waals surface area contributed by atoms with Crippen LogP contribution in [0.1, 0.15) is 22.3 Å². The van der Waals surface area contributed by atoms with Gasteiger partial charge >= 0.3 is 0 Å². The topological polar surface area (TPSA) is 47.6 Å². The molecule has 0 radical (unpaired) electrons. The number of methoxy groups -OCH3 is 1. The molecule has 0 aliphatic carbocycles. The van der Waals surface area contributed by atoms with Gasteiger partial charge in [0.1, 0.15) is 12.4 Å². The highest BCUT2D eigenvalue weighted by molar-refractivity contribution is 6.36. The van der Waals surface area contributed by atoms with Gasteiger partial charge in [-0.15, -0.1) is 0 Å². The number of para-hydroxylation sites is 1. The fourth-order valence-corrected chi connectivity index (χ4v) is 2.98. The van der Waals surface area contributed by atoms with Crippen molar-refractivity contribution in [3.63, 3.8) is 0 Å². The van der Waals surface area contributed by atoms with Crippen molar-refractivity contribution in [2.24, 2.45) is 0 Å². The van der Waals surface area contributed by atoms with Crippen LogP contribution < -0.4 is 5.32 Å². The Hall–Kier alpha value is -3.01. The first-order valence-electron chi connectivity index (χ1n) is 7.38. The second-order valence-electron chi connectivity index (χ2n) is 5.45. The number of carbonyl (C=O) groups is 1. The highest BCUT2D eigenvalue weighted by Crippen LogP contribution is 2.41. The minimum Gasteiger partial charge on any atom is -0.504 e. The summed E-state index contributed by atoms with van der Waals surface area (Å²) in [4.78, 5) is 12.4. The van der Waals surface area contributed by atoms with Crippen LogP contribution in [0, 0.1) is 0 Å². The van der Waals surface area contributed by atoms with Crippen LogP contribution in [0.2, 0.25) is 0 Å². The quantitative estimate of drug-likeness (QED) is 0.680. The van der Waals surface area contributed by atoms with Gasteiger partial charge in [-0.3, -0.25) is 4.79 Å². The van der Waals surface area contributed by atoms with Crippen LogP contribution in [0.4, 0.5) is 5.69 Å². The molecule has 1 N–H and O–H groups in total. The molecule has 0 bridgehead atoms. The van der Waals surface area contributed by atoms with Crippen molar-refractivity contribution < 1.29 is 14.3 Å². The first kappa shape index (κ1) is 13.6. The highest BCUT2D eigenvalue weighted by atomic mass is 16.5. The van der Waals surface area contributed by atoms with Crippen molar-refractivity contribution in [2.75, 3.05) is 12.4 Å². The minimum atomic E-state index is -0.114. The highest BCUT2D eigenvalue weighted by Gasteiger charge is 2.32. The standard InChI is InChI=1S/C19H15NO3/c1-22-9-8-12-6-7-14-13(10-12)11-23-18(14)17-15-4-2-3-5-16(15)20-19(17)21/h2-10H,11H2,1H3,(H,20,21)/b9-8+,18-17+. The zero-order valence-electron chi connectivity index (χ0n) is 12.6. The third-order valence-electron chi connectivity index (χ3n) is 4.04. The number of fused-ring (bicyclic) bond motifs is 2. The summed E-state index contributed by atoms with van der Waals surface area (Å²) in [5.74, 6) is 0.544. The van der Waals surface area contributed by atoms with Crippen molar-refractivity contribution in [3.05, 3.63) is 71.0 Å². The van der Waals surface area contributed by atoms with Crippen molar-refractivity contribution in [1.29, 1.82) is 0 Å². The fourth-order valence-electron chi connectivity index (χ4n) is 2.98. The first-order chi connectivity index (χ1) is 11.3. The second-order valence-corrected chi connectivity index (χ2v) is 5.45. The maximum atomic E-state index is 12.4. The van der Waals surface area contributed by atoms with E-state index in [1.54, 1.807) is 13.4 Å². The van der Waals surface area contributed by atoms with Crippen molar-refractivity contribution >= 4 is 29.0 Å². The Bertz CT molecular complexity index is 865. The van der Waals surface area contributed by atoms with Crippen LogP contribution in [0.5, 0.6) is 0 Å². The predicted octanol–water partition coefficient (Wildman–Crippen LogP) is 3.65. The van der Waals surface area contributed by atoms with Crippen LogP contribution in [0.15, 0.2) is 48.7 Å². The van der Waals surface area contributed by atoms with E-state index in [1.807, 2.05) is 42.5 Å². The summed E-state index contributed by atoms with van der Waals surface area (Å²) < 4.78 is 10.8. The van der Waals surface area contributed by atoms with E-state index in [-0.39, 0.29) is 5.91 Å². The third kappa shape index (κ3) is 2.19. The molecule has 0 atom stereocenters. The molecule has 2 aromatic carbocycles. The summed E-state index contributed by atoms with van der Waals surface area (Å²) >= 11 is 0. The average Bonchev–Trinajstić information content (AvgIpc) is 3.12. The summed E-state index contributed by atoms with van der Waals surface area (Å²) in [5.41, 5.74) is 5.42. The van der Waals surface area contributed by atoms with E-state index in [0.29, 0.717) is 17.9 Å². The zero-order valence-corrected chi connectivity index (χ0v) is 12.6. The maximum absolute atomic E-state index is 12.4. The van der Waals surface area contributed by atoms with E-state index >= 15 is 0 Å². The van der Waals surface area contributed by atoms with E-state index in [1.165, 1.54) is 0 Å². The lowest BCUT2D eigenvalue weighted by Gasteiger charge is -2.05. The normalized spacial score (nSPS) is 18.6. The minimum absolute atomic E-state index is 0.114. The van der Waals surface area contributed by atoms with E-state index in [2.05, 4.69) is 11.4 Å². The van der Waals surface area contributed by atoms with Crippen molar-refractivity contribution in [3.8, 4) is 0 Å². The Labute approximate surface area is 134 Å². The average molecular weight is 305 g/mol. The number of nitrogens with one attached hydrogen (secondary N) is 1. The zero-order chi connectivity index (χ0) is 15.8. The second kappa shape index (κ2) is 5.32. The Morgan fingerprint density at radius 3 is 2.91 bits per heavy atom. The molecule has 0 saturated heterocycles. The van der Waals surface area contributed by atoms with Gasteiger partial charge in [0.25, 0.3) is 5.91 Å². The van der Waals surface area contributed by atoms with Gasteiger partial charge in [-0.1, -0.05) is 30.3 Å². The summed E-state index contributed by atoms with van der Waals surface area (Å²) in [6, 6.07) is 13.7. The summed E-state index contributed by atoms with van der Waals surface area (Å²) in [6.07, 6.45) is 3.53. The molecular weight excluding hydrogens is 290 g/mol. The van der Waals surface area contributed by atoms with E-state index < -0.39 is 0 Å². The molecule has 4 heteroatoms. The van der Waals surface area contributed by atoms with Crippen molar-refractivity contribution in [2.45, 2.75) is 6.61 Å². The molecule has 2 heterocycles. The van der Waals surface area contributed by atoms with Crippen LogP contribution in [-0.2, 0) is 20.9 Å². The number of rotatable bonds is 2. The number of amides is 1. The molecule has 2 aliphatic heterocycles. The molecular formula is C19H15NO3. The number of anilines is 1. The van der Waals surface area contributed by atoms with E-state index in [9.17, 15) is 4.79 Å². The lowest BCUT2D eigenvalue weighted by molar-refractivity contribution is -0.110. The van der Waals surface area contributed by atoms with Crippen LogP contribution in [0.3, 0.4) is 0 Å². The smallest absolute Gasteiger partial charge is 0.260 e. The molecule has 1 amide bonds. The summed E-state index contributed by atoms with van der Waals surface area (Å²) in [6.45, 7) is 0.471. The molecule has 0 fully saturated rings. The van der Waals surface area contributed by atoms with E-state index in [4.69, 9.17) is 9.47 Å². The van der Waals surface area contributed by atoms with Gasteiger partial charge in [-0.25, -0.2) is 0 Å². The van der Waals surface area contributed by atoms with Gasteiger partial charge in [-0.2, -0.15) is 0 Å². The van der Waals surface area contributed by atoms with Crippen molar-refractivity contribution in [1.82, 2.24) is 0 Å². The van der Waals surface area contributed by atoms with Crippen LogP contribution in [0.25, 0.3) is 17.4 Å². The lowest BCUT2D eigenvalue weighted by atomic mass is 9.99. The molecule has 114 valence electrons. The monoisotopic (exact) mass is 305 g/mol. The van der Waals surface area contributed by atoms with E-state index in [0.717, 1.165) is 27.9 Å². The van der Waals surface area contributed by atoms with Crippen LogP contribution >= 0.6 is 0 Å². The Morgan fingerprint density at radius 2 is 2.04 bits per heavy atom. The predicted molar refractivity (Wildman–Crippen MR) is 89.2 cm³/mol. The van der Waals surface area contributed by atoms with Crippen LogP contribution in [-0.4, -0.2) is 13.0 Å². The number of ether oxygens (including phenoxy) is 2. The Balaban J connectivity index is 1.82. The SMILES string of the molecule is CO/C=C/c1ccc2c(c1)CO/C2=C1/C(=O)Nc2ccccc21. The Kier molecular flexibility index (Phi) is 3.15. The Morgan fingerprint density at radius 1 is 1.17 bits per heavy atom. The summed E-state index contributed by atoms with van der Waals surface area (Å²) in [7, 11) is 1.62. The molecule has 2 aromatic rings. The molecule has 4 nitrogen and oxygen atoms in total. The van der Waals surface area contributed by atoms with Gasteiger partial charge in [0.15, 0.2) is 0 Å².